The van der Waals surface area contributed by atoms with Crippen molar-refractivity contribution in [3.8, 4) is 0 Å². The summed E-state index contributed by atoms with van der Waals surface area (Å²) in [4.78, 5) is 0. The Labute approximate surface area is 112 Å². The molecule has 3 heteroatoms. The second kappa shape index (κ2) is 4.58. The number of fused-ring (bicyclic) bond motifs is 2. The maximum atomic E-state index is 13.3. The molecule has 1 fully saturated rings. The Balaban J connectivity index is 1.70. The standard InChI is InChI=1S/C15H17ClFN/c1-9(15-5-10-2-3-11(15)4-10)18-14-7-12(16)6-13(17)8-14/h2-3,6-11,15,18H,4-5H2,1H3. The second-order valence-corrected chi connectivity index (χ2v) is 5.97. The van der Waals surface area contributed by atoms with E-state index < -0.39 is 0 Å². The van der Waals surface area contributed by atoms with Crippen molar-refractivity contribution in [3.63, 3.8) is 0 Å². The predicted octanol–water partition coefficient (Wildman–Crippen LogP) is 4.49. The van der Waals surface area contributed by atoms with Gasteiger partial charge in [-0.2, -0.15) is 0 Å². The van der Waals surface area contributed by atoms with Crippen LogP contribution in [0.3, 0.4) is 0 Å². The van der Waals surface area contributed by atoms with E-state index in [0.29, 0.717) is 22.9 Å². The highest BCUT2D eigenvalue weighted by Gasteiger charge is 2.38. The van der Waals surface area contributed by atoms with Crippen molar-refractivity contribution >= 4 is 17.3 Å². The van der Waals surface area contributed by atoms with Crippen LogP contribution in [0.2, 0.25) is 5.02 Å². The van der Waals surface area contributed by atoms with Crippen molar-refractivity contribution in [1.29, 1.82) is 0 Å². The van der Waals surface area contributed by atoms with Gasteiger partial charge in [0, 0.05) is 16.8 Å². The Morgan fingerprint density at radius 1 is 1.28 bits per heavy atom. The summed E-state index contributed by atoms with van der Waals surface area (Å²) in [5.74, 6) is 1.83. The zero-order valence-corrected chi connectivity index (χ0v) is 11.1. The smallest absolute Gasteiger partial charge is 0.126 e. The summed E-state index contributed by atoms with van der Waals surface area (Å²) in [6.45, 7) is 2.18. The molecule has 96 valence electrons. The molecule has 2 aliphatic carbocycles. The minimum absolute atomic E-state index is 0.287. The third-order valence-corrected chi connectivity index (χ3v) is 4.45. The summed E-state index contributed by atoms with van der Waals surface area (Å²) in [5.41, 5.74) is 0.777. The fourth-order valence-corrected chi connectivity index (χ4v) is 3.63. The highest BCUT2D eigenvalue weighted by molar-refractivity contribution is 6.30. The largest absolute Gasteiger partial charge is 0.382 e. The van der Waals surface area contributed by atoms with Crippen LogP contribution in [0.15, 0.2) is 30.4 Å². The summed E-state index contributed by atoms with van der Waals surface area (Å²) in [7, 11) is 0. The fraction of sp³-hybridized carbons (Fsp3) is 0.467. The van der Waals surface area contributed by atoms with E-state index in [4.69, 9.17) is 11.6 Å². The topological polar surface area (TPSA) is 12.0 Å². The monoisotopic (exact) mass is 265 g/mol. The number of hydrogen-bond acceptors (Lipinski definition) is 1. The van der Waals surface area contributed by atoms with Crippen LogP contribution < -0.4 is 5.32 Å². The van der Waals surface area contributed by atoms with E-state index in [1.807, 2.05) is 0 Å². The number of benzene rings is 1. The van der Waals surface area contributed by atoms with Gasteiger partial charge >= 0.3 is 0 Å². The highest BCUT2D eigenvalue weighted by Crippen LogP contribution is 2.45. The average molecular weight is 266 g/mol. The van der Waals surface area contributed by atoms with Gasteiger partial charge in [0.1, 0.15) is 5.82 Å². The molecule has 1 aromatic carbocycles. The summed E-state index contributed by atoms with van der Waals surface area (Å²) >= 11 is 5.87. The van der Waals surface area contributed by atoms with Gasteiger partial charge in [0.25, 0.3) is 0 Å². The second-order valence-electron chi connectivity index (χ2n) is 5.54. The lowest BCUT2D eigenvalue weighted by Crippen LogP contribution is -2.28. The van der Waals surface area contributed by atoms with Crippen LogP contribution in [0.25, 0.3) is 0 Å². The van der Waals surface area contributed by atoms with Crippen LogP contribution in [0.5, 0.6) is 0 Å². The SMILES string of the molecule is CC(Nc1cc(F)cc(Cl)c1)C1CC2C=CC1C2. The predicted molar refractivity (Wildman–Crippen MR) is 73.3 cm³/mol. The maximum Gasteiger partial charge on any atom is 0.126 e. The fourth-order valence-electron chi connectivity index (χ4n) is 3.41. The molecule has 0 amide bonds. The van der Waals surface area contributed by atoms with Crippen molar-refractivity contribution in [1.82, 2.24) is 0 Å². The van der Waals surface area contributed by atoms with Crippen molar-refractivity contribution in [2.75, 3.05) is 5.32 Å². The molecule has 18 heavy (non-hydrogen) atoms. The number of rotatable bonds is 3. The quantitative estimate of drug-likeness (QED) is 0.794. The van der Waals surface area contributed by atoms with Crippen molar-refractivity contribution < 1.29 is 4.39 Å². The molecular weight excluding hydrogens is 249 g/mol. The molecule has 2 aliphatic rings. The molecule has 0 aromatic heterocycles. The molecule has 4 unspecified atom stereocenters. The third kappa shape index (κ3) is 2.26. The average Bonchev–Trinajstić information content (AvgIpc) is 2.88. The van der Waals surface area contributed by atoms with E-state index in [9.17, 15) is 4.39 Å². The van der Waals surface area contributed by atoms with Crippen LogP contribution in [0.1, 0.15) is 19.8 Å². The van der Waals surface area contributed by atoms with Crippen LogP contribution in [-0.4, -0.2) is 6.04 Å². The van der Waals surface area contributed by atoms with Crippen LogP contribution in [-0.2, 0) is 0 Å². The molecule has 0 spiro atoms. The molecule has 3 rings (SSSR count). The first-order chi connectivity index (χ1) is 8.61. The molecular formula is C15H17ClFN. The van der Waals surface area contributed by atoms with Gasteiger partial charge in [0.15, 0.2) is 0 Å². The van der Waals surface area contributed by atoms with Crippen LogP contribution in [0, 0.1) is 23.6 Å². The van der Waals surface area contributed by atoms with Gasteiger partial charge < -0.3 is 5.32 Å². The van der Waals surface area contributed by atoms with Gasteiger partial charge in [0.05, 0.1) is 0 Å². The number of hydrogen-bond donors (Lipinski definition) is 1. The number of allylic oxidation sites excluding steroid dienone is 2. The minimum Gasteiger partial charge on any atom is -0.382 e. The Morgan fingerprint density at radius 2 is 2.11 bits per heavy atom. The molecule has 0 aliphatic heterocycles. The van der Waals surface area contributed by atoms with Gasteiger partial charge in [-0.05, 0) is 55.7 Å². The summed E-state index contributed by atoms with van der Waals surface area (Å²) in [5, 5.41) is 3.83. The van der Waals surface area contributed by atoms with Crippen molar-refractivity contribution in [2.24, 2.45) is 17.8 Å². The summed E-state index contributed by atoms with van der Waals surface area (Å²) in [6.07, 6.45) is 7.22. The van der Waals surface area contributed by atoms with E-state index >= 15 is 0 Å². The lowest BCUT2D eigenvalue weighted by molar-refractivity contribution is 0.400. The Morgan fingerprint density at radius 3 is 2.72 bits per heavy atom. The van der Waals surface area contributed by atoms with Gasteiger partial charge in [-0.15, -0.1) is 0 Å². The lowest BCUT2D eigenvalue weighted by Gasteiger charge is -2.27. The van der Waals surface area contributed by atoms with Crippen LogP contribution >= 0.6 is 11.6 Å². The van der Waals surface area contributed by atoms with E-state index in [-0.39, 0.29) is 5.82 Å². The van der Waals surface area contributed by atoms with Crippen LogP contribution in [0.4, 0.5) is 10.1 Å². The molecule has 4 atom stereocenters. The Kier molecular flexibility index (Phi) is 3.06. The first-order valence-corrected chi connectivity index (χ1v) is 6.90. The van der Waals surface area contributed by atoms with Gasteiger partial charge in [-0.1, -0.05) is 23.8 Å². The molecule has 1 aromatic rings. The Hall–Kier alpha value is -1.02. The molecule has 0 heterocycles. The van der Waals surface area contributed by atoms with Gasteiger partial charge in [0.2, 0.25) is 0 Å². The number of nitrogens with one attached hydrogen (secondary N) is 1. The lowest BCUT2D eigenvalue weighted by atomic mass is 9.87. The minimum atomic E-state index is -0.287. The molecule has 2 bridgehead atoms. The number of anilines is 1. The normalized spacial score (nSPS) is 30.7. The summed E-state index contributed by atoms with van der Waals surface area (Å²) in [6, 6.07) is 4.97. The maximum absolute atomic E-state index is 13.3. The van der Waals surface area contributed by atoms with Crippen molar-refractivity contribution in [2.45, 2.75) is 25.8 Å². The molecule has 0 saturated heterocycles. The van der Waals surface area contributed by atoms with E-state index in [1.54, 1.807) is 6.07 Å². The zero-order valence-electron chi connectivity index (χ0n) is 10.4. The van der Waals surface area contributed by atoms with Crippen molar-refractivity contribution in [3.05, 3.63) is 41.2 Å². The third-order valence-electron chi connectivity index (χ3n) is 4.23. The highest BCUT2D eigenvalue weighted by atomic mass is 35.5. The van der Waals surface area contributed by atoms with Gasteiger partial charge in [-0.3, -0.25) is 0 Å². The van der Waals surface area contributed by atoms with E-state index in [0.717, 1.165) is 11.6 Å². The van der Waals surface area contributed by atoms with E-state index in [1.165, 1.54) is 25.0 Å². The molecule has 1 nitrogen and oxygen atoms in total. The Bertz CT molecular complexity index is 465. The molecule has 1 N–H and O–H groups in total. The first-order valence-electron chi connectivity index (χ1n) is 6.53. The molecule has 0 radical (unpaired) electrons. The van der Waals surface area contributed by atoms with Gasteiger partial charge in [-0.25, -0.2) is 4.39 Å². The summed E-state index contributed by atoms with van der Waals surface area (Å²) < 4.78 is 13.3. The molecule has 1 saturated carbocycles. The number of halogens is 2. The zero-order chi connectivity index (χ0) is 12.7. The van der Waals surface area contributed by atoms with E-state index in [2.05, 4.69) is 24.4 Å². The first kappa shape index (κ1) is 12.0.